The number of nitrogens with zero attached hydrogens (tertiary/aromatic N) is 2. The number of carbonyl (C=O) groups excluding carboxylic acids is 2. The third-order valence-electron chi connectivity index (χ3n) is 4.36. The lowest BCUT2D eigenvalue weighted by atomic mass is 10.0. The smallest absolute Gasteiger partial charge is 0.337 e. The highest BCUT2D eigenvalue weighted by Gasteiger charge is 2.18. The lowest BCUT2D eigenvalue weighted by molar-refractivity contribution is -0.384. The van der Waals surface area contributed by atoms with Gasteiger partial charge in [0.15, 0.2) is 0 Å². The maximum atomic E-state index is 11.7. The standard InChI is InChI=1S/C19H15ClN2O6/c1-27-17-8-12(18(23)28-2)4-3-11(17)7-13-10-21(19(20)24)16-6-5-14(22(25)26)9-15(13)16/h3-6,8-10H,7H2,1-2H3. The van der Waals surface area contributed by atoms with Gasteiger partial charge in [-0.1, -0.05) is 6.07 Å². The molecule has 0 aliphatic heterocycles. The van der Waals surface area contributed by atoms with Crippen LogP contribution < -0.4 is 4.74 Å². The minimum atomic E-state index is -0.724. The molecule has 0 saturated carbocycles. The summed E-state index contributed by atoms with van der Waals surface area (Å²) in [7, 11) is 2.75. The number of methoxy groups -OCH3 is 2. The average Bonchev–Trinajstić information content (AvgIpc) is 3.05. The third kappa shape index (κ3) is 3.54. The molecule has 8 nitrogen and oxygen atoms in total. The lowest BCUT2D eigenvalue weighted by Crippen LogP contribution is -2.03. The van der Waals surface area contributed by atoms with Gasteiger partial charge in [0.2, 0.25) is 0 Å². The van der Waals surface area contributed by atoms with Gasteiger partial charge in [-0.05, 0) is 40.9 Å². The van der Waals surface area contributed by atoms with Gasteiger partial charge in [-0.3, -0.25) is 19.5 Å². The highest BCUT2D eigenvalue weighted by Crippen LogP contribution is 2.31. The Morgan fingerprint density at radius 2 is 1.89 bits per heavy atom. The Labute approximate surface area is 164 Å². The number of nitro benzene ring substituents is 1. The van der Waals surface area contributed by atoms with Gasteiger partial charge in [-0.15, -0.1) is 0 Å². The zero-order valence-electron chi connectivity index (χ0n) is 15.0. The van der Waals surface area contributed by atoms with Gasteiger partial charge in [0.1, 0.15) is 5.75 Å². The monoisotopic (exact) mass is 402 g/mol. The molecule has 0 aliphatic rings. The summed E-state index contributed by atoms with van der Waals surface area (Å²) < 4.78 is 11.3. The molecule has 0 amide bonds. The highest BCUT2D eigenvalue weighted by molar-refractivity contribution is 6.63. The van der Waals surface area contributed by atoms with Crippen molar-refractivity contribution in [3.63, 3.8) is 0 Å². The van der Waals surface area contributed by atoms with Gasteiger partial charge < -0.3 is 9.47 Å². The van der Waals surface area contributed by atoms with Gasteiger partial charge in [-0.25, -0.2) is 4.79 Å². The number of hydrogen-bond donors (Lipinski definition) is 0. The van der Waals surface area contributed by atoms with E-state index in [4.69, 9.17) is 21.1 Å². The van der Waals surface area contributed by atoms with E-state index in [0.717, 1.165) is 5.56 Å². The summed E-state index contributed by atoms with van der Waals surface area (Å²) in [6, 6.07) is 9.04. The molecule has 0 unspecified atom stereocenters. The molecule has 0 radical (unpaired) electrons. The van der Waals surface area contributed by atoms with Crippen molar-refractivity contribution in [3.8, 4) is 5.75 Å². The zero-order chi connectivity index (χ0) is 20.4. The summed E-state index contributed by atoms with van der Waals surface area (Å²) in [6.45, 7) is 0. The molecule has 0 bridgehead atoms. The van der Waals surface area contributed by atoms with Gasteiger partial charge in [0.25, 0.3) is 5.69 Å². The first-order valence-corrected chi connectivity index (χ1v) is 8.47. The van der Waals surface area contributed by atoms with E-state index in [9.17, 15) is 19.7 Å². The Hall–Kier alpha value is -3.39. The first kappa shape index (κ1) is 19.4. The predicted octanol–water partition coefficient (Wildman–Crippen LogP) is 4.14. The quantitative estimate of drug-likeness (QED) is 0.275. The first-order chi connectivity index (χ1) is 13.3. The van der Waals surface area contributed by atoms with E-state index < -0.39 is 16.3 Å². The molecule has 0 spiro atoms. The third-order valence-corrected chi connectivity index (χ3v) is 4.54. The summed E-state index contributed by atoms with van der Waals surface area (Å²) in [5.41, 5.74) is 2.07. The number of ether oxygens (including phenoxy) is 2. The van der Waals surface area contributed by atoms with Gasteiger partial charge in [-0.2, -0.15) is 0 Å². The zero-order valence-corrected chi connectivity index (χ0v) is 15.7. The Balaban J connectivity index is 2.11. The van der Waals surface area contributed by atoms with Crippen molar-refractivity contribution in [3.05, 3.63) is 69.4 Å². The molecule has 0 fully saturated rings. The predicted molar refractivity (Wildman–Crippen MR) is 102 cm³/mol. The fraction of sp³-hybridized carbons (Fsp3) is 0.158. The molecule has 0 N–H and O–H groups in total. The van der Waals surface area contributed by atoms with Crippen LogP contribution in [0.25, 0.3) is 10.9 Å². The molecule has 1 heterocycles. The van der Waals surface area contributed by atoms with Gasteiger partial charge in [0, 0.05) is 30.1 Å². The number of halogens is 1. The summed E-state index contributed by atoms with van der Waals surface area (Å²) >= 11 is 5.65. The average molecular weight is 403 g/mol. The van der Waals surface area contributed by atoms with Crippen molar-refractivity contribution in [1.29, 1.82) is 0 Å². The second-order valence-electron chi connectivity index (χ2n) is 5.93. The minimum absolute atomic E-state index is 0.0958. The van der Waals surface area contributed by atoms with Crippen molar-refractivity contribution in [2.75, 3.05) is 14.2 Å². The van der Waals surface area contributed by atoms with E-state index in [1.807, 2.05) is 0 Å². The van der Waals surface area contributed by atoms with Crippen LogP contribution in [0.3, 0.4) is 0 Å². The number of non-ortho nitro benzene ring substituents is 1. The van der Waals surface area contributed by atoms with Crippen LogP contribution in [0.2, 0.25) is 0 Å². The maximum absolute atomic E-state index is 11.7. The van der Waals surface area contributed by atoms with Crippen LogP contribution >= 0.6 is 11.6 Å². The molecule has 0 atom stereocenters. The Bertz CT molecular complexity index is 1110. The number of rotatable bonds is 5. The van der Waals surface area contributed by atoms with Crippen LogP contribution in [-0.2, 0) is 11.2 Å². The van der Waals surface area contributed by atoms with E-state index in [1.165, 1.54) is 43.2 Å². The van der Waals surface area contributed by atoms with Crippen LogP contribution in [0.5, 0.6) is 5.75 Å². The van der Waals surface area contributed by atoms with Crippen molar-refractivity contribution < 1.29 is 24.0 Å². The first-order valence-electron chi connectivity index (χ1n) is 8.09. The van der Waals surface area contributed by atoms with Gasteiger partial charge in [0.05, 0.1) is 30.2 Å². The fourth-order valence-electron chi connectivity index (χ4n) is 3.03. The molecule has 3 rings (SSSR count). The summed E-state index contributed by atoms with van der Waals surface area (Å²) in [6.07, 6.45) is 1.84. The normalized spacial score (nSPS) is 10.7. The molecule has 9 heteroatoms. The Kier molecular flexibility index (Phi) is 5.32. The Morgan fingerprint density at radius 3 is 2.50 bits per heavy atom. The molecule has 3 aromatic rings. The van der Waals surface area contributed by atoms with E-state index in [2.05, 4.69) is 0 Å². The maximum Gasteiger partial charge on any atom is 0.337 e. The van der Waals surface area contributed by atoms with Crippen molar-refractivity contribution in [2.24, 2.45) is 0 Å². The Morgan fingerprint density at radius 1 is 1.14 bits per heavy atom. The highest BCUT2D eigenvalue weighted by atomic mass is 35.5. The van der Waals surface area contributed by atoms with Crippen LogP contribution in [0.4, 0.5) is 10.5 Å². The SMILES string of the molecule is COC(=O)c1ccc(Cc2cn(C(=O)Cl)c3ccc([N+](=O)[O-])cc23)c(OC)c1. The molecule has 1 aromatic heterocycles. The number of benzene rings is 2. The fourth-order valence-corrected chi connectivity index (χ4v) is 3.17. The van der Waals surface area contributed by atoms with Crippen LogP contribution in [0.1, 0.15) is 21.5 Å². The van der Waals surface area contributed by atoms with Crippen LogP contribution in [0.15, 0.2) is 42.6 Å². The lowest BCUT2D eigenvalue weighted by Gasteiger charge is -2.10. The number of fused-ring (bicyclic) bond motifs is 1. The molecule has 28 heavy (non-hydrogen) atoms. The van der Waals surface area contributed by atoms with Gasteiger partial charge >= 0.3 is 11.3 Å². The second-order valence-corrected chi connectivity index (χ2v) is 6.25. The molecular formula is C19H15ClN2O6. The number of nitro groups is 1. The van der Waals surface area contributed by atoms with Crippen molar-refractivity contribution in [1.82, 2.24) is 4.57 Å². The molecule has 0 saturated heterocycles. The molecule has 2 aromatic carbocycles. The number of aromatic nitrogens is 1. The largest absolute Gasteiger partial charge is 0.496 e. The van der Waals surface area contributed by atoms with Crippen molar-refractivity contribution >= 4 is 39.5 Å². The number of hydrogen-bond acceptors (Lipinski definition) is 6. The van der Waals surface area contributed by atoms with E-state index in [1.54, 1.807) is 18.2 Å². The summed E-state index contributed by atoms with van der Waals surface area (Å²) in [4.78, 5) is 34.1. The van der Waals surface area contributed by atoms with E-state index >= 15 is 0 Å². The van der Waals surface area contributed by atoms with E-state index in [-0.39, 0.29) is 5.69 Å². The van der Waals surface area contributed by atoms with Crippen LogP contribution in [0, 0.1) is 10.1 Å². The number of carbonyl (C=O) groups is 2. The molecule has 144 valence electrons. The summed E-state index contributed by atoms with van der Waals surface area (Å²) in [5, 5.41) is 10.9. The topological polar surface area (TPSA) is 101 Å². The minimum Gasteiger partial charge on any atom is -0.496 e. The number of esters is 1. The second kappa shape index (κ2) is 7.69. The van der Waals surface area contributed by atoms with Crippen LogP contribution in [-0.4, -0.2) is 35.0 Å². The molecule has 0 aliphatic carbocycles. The molecular weight excluding hydrogens is 388 g/mol. The van der Waals surface area contributed by atoms with Crippen molar-refractivity contribution in [2.45, 2.75) is 6.42 Å². The summed E-state index contributed by atoms with van der Waals surface area (Å²) in [5.74, 6) is -0.0451. The van der Waals surface area contributed by atoms with E-state index in [0.29, 0.717) is 34.2 Å².